The van der Waals surface area contributed by atoms with Gasteiger partial charge in [0.2, 0.25) is 0 Å². The van der Waals surface area contributed by atoms with Gasteiger partial charge in [0.15, 0.2) is 5.96 Å². The van der Waals surface area contributed by atoms with Gasteiger partial charge >= 0.3 is 0 Å². The van der Waals surface area contributed by atoms with Gasteiger partial charge in [0, 0.05) is 56.2 Å². The fraction of sp³-hybridized carbons (Fsp3) is 0.682. The number of benzene rings is 1. The Hall–Kier alpha value is -2.15. The number of ether oxygens (including phenoxy) is 3. The Kier molecular flexibility index (Phi) is 8.28. The first kappa shape index (κ1) is 21.6. The highest BCUT2D eigenvalue weighted by atomic mass is 16.5. The van der Waals surface area contributed by atoms with Crippen LogP contribution in [0.4, 0.5) is 5.69 Å². The number of hydrogen-bond donors (Lipinski definition) is 2. The minimum Gasteiger partial charge on any atom is -0.497 e. The molecule has 1 saturated heterocycles. The van der Waals surface area contributed by atoms with Gasteiger partial charge in [0.1, 0.15) is 11.5 Å². The molecule has 0 unspecified atom stereocenters. The standard InChI is InChI=1S/C22H36N4O3/c1-4-23-22(24-9-12-29-16-17-5-6-17)25-18-7-10-26(11-8-18)19-13-20(27-2)15-21(14-19)28-3/h13-15,17-18H,4-12,16H2,1-3H3,(H2,23,24,25). The van der Waals surface area contributed by atoms with Crippen molar-refractivity contribution in [2.45, 2.75) is 38.6 Å². The van der Waals surface area contributed by atoms with E-state index in [9.17, 15) is 0 Å². The normalized spacial score (nSPS) is 17.9. The average molecular weight is 405 g/mol. The number of methoxy groups -OCH3 is 2. The van der Waals surface area contributed by atoms with Crippen LogP contribution in [0.15, 0.2) is 23.2 Å². The van der Waals surface area contributed by atoms with E-state index in [0.29, 0.717) is 19.2 Å². The number of nitrogens with one attached hydrogen (secondary N) is 2. The zero-order valence-electron chi connectivity index (χ0n) is 18.1. The van der Waals surface area contributed by atoms with Crippen molar-refractivity contribution in [3.05, 3.63) is 18.2 Å². The lowest BCUT2D eigenvalue weighted by Gasteiger charge is -2.34. The molecule has 0 amide bonds. The summed E-state index contributed by atoms with van der Waals surface area (Å²) in [6.45, 7) is 7.22. The monoisotopic (exact) mass is 404 g/mol. The molecule has 29 heavy (non-hydrogen) atoms. The van der Waals surface area contributed by atoms with Gasteiger partial charge in [-0.25, -0.2) is 0 Å². The molecule has 0 atom stereocenters. The second-order valence-electron chi connectivity index (χ2n) is 7.76. The number of anilines is 1. The first-order valence-corrected chi connectivity index (χ1v) is 10.8. The molecule has 2 aliphatic rings. The molecule has 2 fully saturated rings. The summed E-state index contributed by atoms with van der Waals surface area (Å²) >= 11 is 0. The number of rotatable bonds is 10. The SMILES string of the molecule is CCNC(=NCCOCC1CC1)NC1CCN(c2cc(OC)cc(OC)c2)CC1. The fourth-order valence-corrected chi connectivity index (χ4v) is 3.53. The molecular weight excluding hydrogens is 368 g/mol. The Bertz CT molecular complexity index is 633. The Morgan fingerprint density at radius 1 is 1.07 bits per heavy atom. The lowest BCUT2D eigenvalue weighted by Crippen LogP contribution is -2.48. The van der Waals surface area contributed by atoms with Crippen molar-refractivity contribution >= 4 is 11.6 Å². The van der Waals surface area contributed by atoms with Crippen molar-refractivity contribution in [2.75, 3.05) is 58.5 Å². The van der Waals surface area contributed by atoms with Crippen molar-refractivity contribution in [1.29, 1.82) is 0 Å². The summed E-state index contributed by atoms with van der Waals surface area (Å²) in [4.78, 5) is 7.06. The smallest absolute Gasteiger partial charge is 0.191 e. The summed E-state index contributed by atoms with van der Waals surface area (Å²) in [7, 11) is 3.38. The molecule has 1 aliphatic carbocycles. The van der Waals surface area contributed by atoms with E-state index in [1.165, 1.54) is 12.8 Å². The quantitative estimate of drug-likeness (QED) is 0.355. The van der Waals surface area contributed by atoms with E-state index in [-0.39, 0.29) is 0 Å². The van der Waals surface area contributed by atoms with Gasteiger partial charge in [-0.3, -0.25) is 4.99 Å². The molecule has 0 bridgehead atoms. The van der Waals surface area contributed by atoms with E-state index in [4.69, 9.17) is 14.2 Å². The molecule has 1 aromatic carbocycles. The van der Waals surface area contributed by atoms with E-state index in [0.717, 1.165) is 68.1 Å². The van der Waals surface area contributed by atoms with E-state index in [2.05, 4.69) is 39.6 Å². The zero-order chi connectivity index (χ0) is 20.5. The molecule has 1 aliphatic heterocycles. The third-order valence-electron chi connectivity index (χ3n) is 5.44. The van der Waals surface area contributed by atoms with Gasteiger partial charge in [0.05, 0.1) is 27.4 Å². The highest BCUT2D eigenvalue weighted by Crippen LogP contribution is 2.30. The van der Waals surface area contributed by atoms with Crippen molar-refractivity contribution in [3.63, 3.8) is 0 Å². The van der Waals surface area contributed by atoms with Crippen LogP contribution in [0.2, 0.25) is 0 Å². The first-order chi connectivity index (χ1) is 14.2. The summed E-state index contributed by atoms with van der Waals surface area (Å²) in [5, 5.41) is 6.94. The van der Waals surface area contributed by atoms with Crippen LogP contribution in [-0.4, -0.2) is 65.6 Å². The van der Waals surface area contributed by atoms with Crippen LogP contribution >= 0.6 is 0 Å². The van der Waals surface area contributed by atoms with Crippen LogP contribution in [-0.2, 0) is 4.74 Å². The fourth-order valence-electron chi connectivity index (χ4n) is 3.53. The molecule has 7 nitrogen and oxygen atoms in total. The average Bonchev–Trinajstić information content (AvgIpc) is 3.58. The Morgan fingerprint density at radius 3 is 2.34 bits per heavy atom. The van der Waals surface area contributed by atoms with Crippen LogP contribution in [0.25, 0.3) is 0 Å². The Labute approximate surface area is 174 Å². The molecule has 1 heterocycles. The summed E-state index contributed by atoms with van der Waals surface area (Å²) in [5.41, 5.74) is 1.15. The predicted molar refractivity (Wildman–Crippen MR) is 117 cm³/mol. The maximum absolute atomic E-state index is 5.69. The minimum absolute atomic E-state index is 0.420. The third kappa shape index (κ3) is 6.99. The lowest BCUT2D eigenvalue weighted by molar-refractivity contribution is 0.131. The number of aliphatic imine (C=N–C) groups is 1. The van der Waals surface area contributed by atoms with Gasteiger partial charge in [-0.1, -0.05) is 0 Å². The molecule has 0 radical (unpaired) electrons. The second kappa shape index (κ2) is 11.1. The van der Waals surface area contributed by atoms with Crippen molar-refractivity contribution < 1.29 is 14.2 Å². The van der Waals surface area contributed by atoms with Crippen molar-refractivity contribution in [1.82, 2.24) is 10.6 Å². The largest absolute Gasteiger partial charge is 0.497 e. The van der Waals surface area contributed by atoms with Crippen LogP contribution in [0.3, 0.4) is 0 Å². The van der Waals surface area contributed by atoms with Crippen molar-refractivity contribution in [3.8, 4) is 11.5 Å². The highest BCUT2D eigenvalue weighted by Gasteiger charge is 2.22. The van der Waals surface area contributed by atoms with E-state index >= 15 is 0 Å². The van der Waals surface area contributed by atoms with Gasteiger partial charge in [-0.15, -0.1) is 0 Å². The highest BCUT2D eigenvalue weighted by molar-refractivity contribution is 5.80. The molecule has 162 valence electrons. The summed E-state index contributed by atoms with van der Waals surface area (Å²) in [6, 6.07) is 6.47. The molecular formula is C22H36N4O3. The van der Waals surface area contributed by atoms with Gasteiger partial charge < -0.3 is 29.7 Å². The minimum atomic E-state index is 0.420. The molecule has 2 N–H and O–H groups in total. The maximum atomic E-state index is 5.69. The number of hydrogen-bond acceptors (Lipinski definition) is 5. The number of nitrogens with zero attached hydrogens (tertiary/aromatic N) is 2. The molecule has 3 rings (SSSR count). The van der Waals surface area contributed by atoms with Gasteiger partial charge in [-0.2, -0.15) is 0 Å². The Balaban J connectivity index is 1.46. The summed E-state index contributed by atoms with van der Waals surface area (Å²) in [5.74, 6) is 3.35. The maximum Gasteiger partial charge on any atom is 0.191 e. The topological polar surface area (TPSA) is 67.4 Å². The van der Waals surface area contributed by atoms with E-state index in [1.807, 2.05) is 6.07 Å². The zero-order valence-corrected chi connectivity index (χ0v) is 18.1. The third-order valence-corrected chi connectivity index (χ3v) is 5.44. The van der Waals surface area contributed by atoms with E-state index < -0.39 is 0 Å². The molecule has 0 spiro atoms. The first-order valence-electron chi connectivity index (χ1n) is 10.8. The van der Waals surface area contributed by atoms with Crippen LogP contribution in [0.5, 0.6) is 11.5 Å². The number of guanidine groups is 1. The Morgan fingerprint density at radius 2 is 1.76 bits per heavy atom. The summed E-state index contributed by atoms with van der Waals surface area (Å²) < 4.78 is 16.5. The lowest BCUT2D eigenvalue weighted by atomic mass is 10.0. The molecule has 1 saturated carbocycles. The predicted octanol–water partition coefficient (Wildman–Crippen LogP) is 2.65. The van der Waals surface area contributed by atoms with Gasteiger partial charge in [0.25, 0.3) is 0 Å². The van der Waals surface area contributed by atoms with Gasteiger partial charge in [-0.05, 0) is 38.5 Å². The van der Waals surface area contributed by atoms with Crippen molar-refractivity contribution in [2.24, 2.45) is 10.9 Å². The summed E-state index contributed by atoms with van der Waals surface area (Å²) in [6.07, 6.45) is 4.77. The number of piperidine rings is 1. The second-order valence-corrected chi connectivity index (χ2v) is 7.76. The van der Waals surface area contributed by atoms with Crippen LogP contribution in [0.1, 0.15) is 32.6 Å². The van der Waals surface area contributed by atoms with Crippen LogP contribution < -0.4 is 25.0 Å². The molecule has 7 heteroatoms. The molecule has 1 aromatic rings. The molecule has 0 aromatic heterocycles. The van der Waals surface area contributed by atoms with Crippen LogP contribution in [0, 0.1) is 5.92 Å². The van der Waals surface area contributed by atoms with E-state index in [1.54, 1.807) is 14.2 Å².